The smallest absolute Gasteiger partial charge is 0.328 e. The zero-order chi connectivity index (χ0) is 39.9. The van der Waals surface area contributed by atoms with Gasteiger partial charge >= 0.3 is 5.97 Å². The molecular weight excluding hydrogens is 698 g/mol. The van der Waals surface area contributed by atoms with Crippen molar-refractivity contribution >= 4 is 35.3 Å². The lowest BCUT2D eigenvalue weighted by Gasteiger charge is -2.35. The molecule has 0 spiro atoms. The molecule has 0 saturated carbocycles. The highest BCUT2D eigenvalue weighted by Gasteiger charge is 2.40. The average Bonchev–Trinajstić information content (AvgIpc) is 3.10. The van der Waals surface area contributed by atoms with Gasteiger partial charge in [-0.15, -0.1) is 6.58 Å². The number of carbonyl (C=O) groups is 4. The number of hydrogen-bond acceptors (Lipinski definition) is 8. The summed E-state index contributed by atoms with van der Waals surface area (Å²) in [7, 11) is 3.11. The minimum atomic E-state index is -1.19. The maximum atomic E-state index is 13.9. The van der Waals surface area contributed by atoms with Gasteiger partial charge in [0.1, 0.15) is 29.7 Å². The second kappa shape index (κ2) is 20.8. The molecule has 0 heterocycles. The van der Waals surface area contributed by atoms with E-state index in [2.05, 4.69) is 29.1 Å². The highest BCUT2D eigenvalue weighted by atomic mass is 35.5. The van der Waals surface area contributed by atoms with Crippen molar-refractivity contribution in [3.8, 4) is 11.5 Å². The summed E-state index contributed by atoms with van der Waals surface area (Å²) in [6.07, 6.45) is 3.05. The molecule has 0 radical (unpaired) electrons. The Morgan fingerprint density at radius 1 is 0.868 bits per heavy atom. The van der Waals surface area contributed by atoms with Crippen LogP contribution < -0.4 is 25.4 Å². The minimum absolute atomic E-state index is 0.116. The molecule has 0 aliphatic rings. The molecule has 0 fully saturated rings. The van der Waals surface area contributed by atoms with Crippen molar-refractivity contribution < 1.29 is 38.1 Å². The van der Waals surface area contributed by atoms with E-state index in [4.69, 9.17) is 30.5 Å². The van der Waals surface area contributed by atoms with Gasteiger partial charge in [-0.1, -0.05) is 70.1 Å². The van der Waals surface area contributed by atoms with Crippen LogP contribution in [-0.2, 0) is 41.7 Å². The van der Waals surface area contributed by atoms with Crippen LogP contribution in [0, 0.1) is 16.7 Å². The largest absolute Gasteiger partial charge is 0.497 e. The number of amides is 3. The molecule has 12 heteroatoms. The molecule has 0 saturated heterocycles. The molecule has 0 aromatic heterocycles. The van der Waals surface area contributed by atoms with Crippen LogP contribution in [0.4, 0.5) is 0 Å². The molecule has 0 bridgehead atoms. The van der Waals surface area contributed by atoms with Gasteiger partial charge in [-0.2, -0.15) is 0 Å². The summed E-state index contributed by atoms with van der Waals surface area (Å²) in [5, 5.41) is 8.82. The Morgan fingerprint density at radius 3 is 2.06 bits per heavy atom. The zero-order valence-corrected chi connectivity index (χ0v) is 33.4. The number of rotatable bonds is 21. The number of halogens is 1. The molecule has 53 heavy (non-hydrogen) atoms. The molecule has 11 nitrogen and oxygen atoms in total. The molecule has 5 atom stereocenters. The molecule has 3 amide bonds. The van der Waals surface area contributed by atoms with Crippen LogP contribution in [0.3, 0.4) is 0 Å². The van der Waals surface area contributed by atoms with Crippen LogP contribution in [0.25, 0.3) is 0 Å². The Bertz CT molecular complexity index is 1550. The minimum Gasteiger partial charge on any atom is -0.497 e. The number of nitrogens with one attached hydrogen (secondary N) is 3. The van der Waals surface area contributed by atoms with E-state index in [1.165, 1.54) is 7.11 Å². The number of benzene rings is 2. The van der Waals surface area contributed by atoms with Crippen molar-refractivity contribution in [2.45, 2.75) is 98.6 Å². The molecule has 3 N–H and O–H groups in total. The average molecular weight is 756 g/mol. The lowest BCUT2D eigenvalue weighted by Crippen LogP contribution is -2.58. The Kier molecular flexibility index (Phi) is 17.6. The van der Waals surface area contributed by atoms with Crippen molar-refractivity contribution in [2.75, 3.05) is 20.8 Å². The van der Waals surface area contributed by atoms with Gasteiger partial charge in [-0.25, -0.2) is 4.79 Å². The van der Waals surface area contributed by atoms with Gasteiger partial charge in [-0.3, -0.25) is 14.4 Å². The fourth-order valence-electron chi connectivity index (χ4n) is 5.34. The predicted molar refractivity (Wildman–Crippen MR) is 208 cm³/mol. The van der Waals surface area contributed by atoms with E-state index in [0.29, 0.717) is 42.4 Å². The van der Waals surface area contributed by atoms with Crippen LogP contribution in [0.15, 0.2) is 67.8 Å². The fourth-order valence-corrected chi connectivity index (χ4v) is 5.62. The Labute approximate surface area is 320 Å². The van der Waals surface area contributed by atoms with E-state index in [9.17, 15) is 19.2 Å². The first-order chi connectivity index (χ1) is 24.8. The maximum Gasteiger partial charge on any atom is 0.328 e. The second-order valence-electron chi connectivity index (χ2n) is 15.0. The topological polar surface area (TPSA) is 141 Å². The van der Waals surface area contributed by atoms with Crippen LogP contribution in [0.1, 0.15) is 72.4 Å². The van der Waals surface area contributed by atoms with Crippen molar-refractivity contribution in [3.63, 3.8) is 0 Å². The summed E-state index contributed by atoms with van der Waals surface area (Å²) < 4.78 is 22.4. The van der Waals surface area contributed by atoms with Crippen molar-refractivity contribution in [3.05, 3.63) is 83.9 Å². The van der Waals surface area contributed by atoms with Gasteiger partial charge in [0.2, 0.25) is 17.7 Å². The molecular formula is C41H58ClN3O8. The van der Waals surface area contributed by atoms with Crippen LogP contribution >= 0.6 is 11.6 Å². The van der Waals surface area contributed by atoms with Crippen LogP contribution in [0.2, 0.25) is 5.02 Å². The molecule has 0 aliphatic carbocycles. The van der Waals surface area contributed by atoms with E-state index in [0.717, 1.165) is 17.4 Å². The molecule has 292 valence electrons. The predicted octanol–water partition coefficient (Wildman–Crippen LogP) is 6.36. The molecule has 2 aromatic carbocycles. The summed E-state index contributed by atoms with van der Waals surface area (Å²) in [6.45, 7) is 20.9. The van der Waals surface area contributed by atoms with E-state index in [1.54, 1.807) is 52.2 Å². The van der Waals surface area contributed by atoms with Gasteiger partial charge < -0.3 is 34.9 Å². The summed E-state index contributed by atoms with van der Waals surface area (Å²) in [4.78, 5) is 53.6. The summed E-state index contributed by atoms with van der Waals surface area (Å²) >= 11 is 6.30. The van der Waals surface area contributed by atoms with Gasteiger partial charge in [0.15, 0.2) is 0 Å². The summed E-state index contributed by atoms with van der Waals surface area (Å²) in [6, 6.07) is 9.98. The van der Waals surface area contributed by atoms with E-state index >= 15 is 0 Å². The highest BCUT2D eigenvalue weighted by molar-refractivity contribution is 6.32. The number of methoxy groups -OCH3 is 2. The first kappa shape index (κ1) is 44.8. The molecule has 2 rings (SSSR count). The second-order valence-corrected chi connectivity index (χ2v) is 15.4. The van der Waals surface area contributed by atoms with E-state index < -0.39 is 53.3 Å². The monoisotopic (exact) mass is 755 g/mol. The standard InChI is InChI=1S/C41H58ClN3O8/c1-12-14-34(26(3)24-52-25-28-15-18-30(50-10)19-16-28)53-38(48)33(23-40(5,6)7)45-39(49)41(8,9)27(4)43-37(47)32(44-36(46)13-2)22-29-17-20-35(51-11)31(42)21-29/h12-13,15-21,26-27,32-34H,1-2,14,22-25H2,3-11H3,(H,43,47)(H,44,46)(H,45,49)/t26?,27-,32+,33+,34?/m0/s1. The fraction of sp³-hybridized carbons (Fsp3) is 0.512. The Morgan fingerprint density at radius 2 is 1.51 bits per heavy atom. The number of carbonyl (C=O) groups excluding carboxylic acids is 4. The van der Waals surface area contributed by atoms with Crippen molar-refractivity contribution in [2.24, 2.45) is 16.7 Å². The molecule has 2 unspecified atom stereocenters. The molecule has 0 aliphatic heterocycles. The van der Waals surface area contributed by atoms with Gasteiger partial charge in [-0.05, 0) is 74.1 Å². The van der Waals surface area contributed by atoms with Crippen LogP contribution in [-0.4, -0.2) is 68.7 Å². The lowest BCUT2D eigenvalue weighted by molar-refractivity contribution is -0.158. The van der Waals surface area contributed by atoms with Gasteiger partial charge in [0, 0.05) is 24.8 Å². The normalized spacial score (nSPS) is 14.4. The Balaban J connectivity index is 2.16. The molecule has 2 aromatic rings. The van der Waals surface area contributed by atoms with Gasteiger partial charge in [0.05, 0.1) is 37.9 Å². The zero-order valence-electron chi connectivity index (χ0n) is 32.7. The van der Waals surface area contributed by atoms with Crippen molar-refractivity contribution in [1.29, 1.82) is 0 Å². The lowest BCUT2D eigenvalue weighted by atomic mass is 9.82. The third-order valence-electron chi connectivity index (χ3n) is 9.02. The number of ether oxygens (including phenoxy) is 4. The summed E-state index contributed by atoms with van der Waals surface area (Å²) in [5.74, 6) is -1.01. The SMILES string of the molecule is C=CCC(OC(=O)[C@@H](CC(C)(C)C)NC(=O)C(C)(C)[C@H](C)NC(=O)[C@@H](Cc1ccc(OC)c(Cl)c1)NC(=O)C=C)C(C)COCc1ccc(OC)cc1. The Hall–Kier alpha value is -4.35. The third kappa shape index (κ3) is 14.5. The quantitative estimate of drug-likeness (QED) is 0.0760. The van der Waals surface area contributed by atoms with Crippen LogP contribution in [0.5, 0.6) is 11.5 Å². The highest BCUT2D eigenvalue weighted by Crippen LogP contribution is 2.28. The number of esters is 1. The van der Waals surface area contributed by atoms with Gasteiger partial charge in [0.25, 0.3) is 0 Å². The third-order valence-corrected chi connectivity index (χ3v) is 9.31. The first-order valence-corrected chi connectivity index (χ1v) is 18.1. The first-order valence-electron chi connectivity index (χ1n) is 17.7. The van der Waals surface area contributed by atoms with E-state index in [1.807, 2.05) is 52.0 Å². The maximum absolute atomic E-state index is 13.9. The van der Waals surface area contributed by atoms with E-state index in [-0.39, 0.29) is 17.8 Å². The number of hydrogen-bond donors (Lipinski definition) is 3. The summed E-state index contributed by atoms with van der Waals surface area (Å²) in [5.41, 5.74) is 0.130. The van der Waals surface area contributed by atoms with Crippen molar-refractivity contribution in [1.82, 2.24) is 16.0 Å².